The summed E-state index contributed by atoms with van der Waals surface area (Å²) in [6.45, 7) is 1.97. The molecule has 1 aromatic heterocycles. The van der Waals surface area contributed by atoms with E-state index in [1.165, 1.54) is 11.8 Å². The third-order valence-corrected chi connectivity index (χ3v) is 4.45. The molecule has 7 nitrogen and oxygen atoms in total. The Morgan fingerprint density at radius 2 is 1.85 bits per heavy atom. The number of thioether (sulfide) groups is 1. The number of aryl methyl sites for hydroxylation is 1. The molecule has 0 aliphatic carbocycles. The molecule has 1 N–H and O–H groups in total. The van der Waals surface area contributed by atoms with Crippen molar-refractivity contribution in [2.45, 2.75) is 12.1 Å². The minimum Gasteiger partial charge on any atom is -0.497 e. The molecular formula is C19H19N3O4S. The highest BCUT2D eigenvalue weighted by Crippen LogP contribution is 2.30. The molecule has 27 heavy (non-hydrogen) atoms. The minimum absolute atomic E-state index is 0.145. The predicted octanol–water partition coefficient (Wildman–Crippen LogP) is 3.79. The second-order valence-electron chi connectivity index (χ2n) is 5.68. The molecule has 140 valence electrons. The fraction of sp³-hybridized carbons (Fsp3) is 0.211. The zero-order valence-corrected chi connectivity index (χ0v) is 16.0. The number of aromatic nitrogens is 2. The lowest BCUT2D eigenvalue weighted by atomic mass is 10.2. The lowest BCUT2D eigenvalue weighted by Crippen LogP contribution is -2.13. The van der Waals surface area contributed by atoms with Crippen LogP contribution in [-0.2, 0) is 4.79 Å². The second kappa shape index (κ2) is 8.59. The number of amides is 1. The number of nitrogens with zero attached hydrogens (tertiary/aromatic N) is 2. The number of ether oxygens (including phenoxy) is 2. The lowest BCUT2D eigenvalue weighted by molar-refractivity contribution is -0.113. The van der Waals surface area contributed by atoms with E-state index >= 15 is 0 Å². The van der Waals surface area contributed by atoms with Crippen LogP contribution in [0.3, 0.4) is 0 Å². The number of methoxy groups -OCH3 is 2. The van der Waals surface area contributed by atoms with Gasteiger partial charge in [0.25, 0.3) is 5.22 Å². The number of benzene rings is 2. The van der Waals surface area contributed by atoms with Gasteiger partial charge in [0.05, 0.1) is 20.0 Å². The molecule has 0 unspecified atom stereocenters. The zero-order valence-electron chi connectivity index (χ0n) is 15.2. The molecule has 0 radical (unpaired) electrons. The predicted molar refractivity (Wildman–Crippen MR) is 103 cm³/mol. The van der Waals surface area contributed by atoms with Crippen LogP contribution < -0.4 is 14.8 Å². The second-order valence-corrected chi connectivity index (χ2v) is 6.61. The van der Waals surface area contributed by atoms with E-state index in [2.05, 4.69) is 15.5 Å². The van der Waals surface area contributed by atoms with Crippen molar-refractivity contribution in [2.24, 2.45) is 0 Å². The maximum Gasteiger partial charge on any atom is 0.277 e. The SMILES string of the molecule is COc1cc(OC)cc(-c2nnc(SCC(=O)Nc3cccc(C)c3)o2)c1. The van der Waals surface area contributed by atoms with Gasteiger partial charge in [0, 0.05) is 17.3 Å². The average Bonchev–Trinajstić information content (AvgIpc) is 3.15. The molecule has 3 aromatic rings. The van der Waals surface area contributed by atoms with Crippen LogP contribution in [0.1, 0.15) is 5.56 Å². The van der Waals surface area contributed by atoms with Gasteiger partial charge in [-0.25, -0.2) is 0 Å². The first-order valence-electron chi connectivity index (χ1n) is 8.13. The summed E-state index contributed by atoms with van der Waals surface area (Å²) in [5, 5.41) is 11.2. The molecule has 8 heteroatoms. The Kier molecular flexibility index (Phi) is 5.97. The van der Waals surface area contributed by atoms with Gasteiger partial charge in [0.1, 0.15) is 11.5 Å². The first-order valence-corrected chi connectivity index (χ1v) is 9.12. The summed E-state index contributed by atoms with van der Waals surface area (Å²) in [7, 11) is 3.14. The zero-order chi connectivity index (χ0) is 19.2. The van der Waals surface area contributed by atoms with E-state index in [0.717, 1.165) is 11.3 Å². The van der Waals surface area contributed by atoms with Crippen LogP contribution in [-0.4, -0.2) is 36.1 Å². The van der Waals surface area contributed by atoms with Gasteiger partial charge in [0.15, 0.2) is 0 Å². The van der Waals surface area contributed by atoms with Gasteiger partial charge in [-0.2, -0.15) is 0 Å². The van der Waals surface area contributed by atoms with Crippen molar-refractivity contribution in [2.75, 3.05) is 25.3 Å². The van der Waals surface area contributed by atoms with Crippen LogP contribution in [0.5, 0.6) is 11.5 Å². The van der Waals surface area contributed by atoms with Crippen LogP contribution in [0, 0.1) is 6.92 Å². The molecule has 0 fully saturated rings. The van der Waals surface area contributed by atoms with Gasteiger partial charge in [-0.3, -0.25) is 4.79 Å². The first kappa shape index (κ1) is 18.8. The Labute approximate surface area is 161 Å². The van der Waals surface area contributed by atoms with Crippen molar-refractivity contribution in [3.05, 3.63) is 48.0 Å². The summed E-state index contributed by atoms with van der Waals surface area (Å²) < 4.78 is 16.1. The van der Waals surface area contributed by atoms with Crippen LogP contribution in [0.2, 0.25) is 0 Å². The Morgan fingerprint density at radius 1 is 1.11 bits per heavy atom. The highest BCUT2D eigenvalue weighted by atomic mass is 32.2. The summed E-state index contributed by atoms with van der Waals surface area (Å²) in [6, 6.07) is 12.9. The number of anilines is 1. The van der Waals surface area contributed by atoms with Gasteiger partial charge < -0.3 is 19.2 Å². The van der Waals surface area contributed by atoms with Crippen molar-refractivity contribution in [1.29, 1.82) is 0 Å². The van der Waals surface area contributed by atoms with Gasteiger partial charge >= 0.3 is 0 Å². The number of hydrogen-bond acceptors (Lipinski definition) is 7. The first-order chi connectivity index (χ1) is 13.1. The standard InChI is InChI=1S/C19H19N3O4S/c1-12-5-4-6-14(7-12)20-17(23)11-27-19-22-21-18(26-19)13-8-15(24-2)10-16(9-13)25-3/h4-10H,11H2,1-3H3,(H,20,23). The van der Waals surface area contributed by atoms with Crippen LogP contribution in [0.4, 0.5) is 5.69 Å². The van der Waals surface area contributed by atoms with E-state index in [9.17, 15) is 4.79 Å². The van der Waals surface area contributed by atoms with Crippen LogP contribution in [0.25, 0.3) is 11.5 Å². The molecule has 0 bridgehead atoms. The normalized spacial score (nSPS) is 10.5. The molecule has 0 aliphatic heterocycles. The highest BCUT2D eigenvalue weighted by molar-refractivity contribution is 7.99. The van der Waals surface area contributed by atoms with Crippen molar-refractivity contribution < 1.29 is 18.7 Å². The van der Waals surface area contributed by atoms with Gasteiger partial charge in [-0.1, -0.05) is 23.9 Å². The largest absolute Gasteiger partial charge is 0.497 e. The Balaban J connectivity index is 1.63. The topological polar surface area (TPSA) is 86.5 Å². The lowest BCUT2D eigenvalue weighted by Gasteiger charge is -2.05. The molecule has 1 amide bonds. The maximum absolute atomic E-state index is 12.1. The van der Waals surface area contributed by atoms with Gasteiger partial charge in [-0.05, 0) is 36.8 Å². The van der Waals surface area contributed by atoms with Crippen molar-refractivity contribution in [1.82, 2.24) is 10.2 Å². The summed E-state index contributed by atoms with van der Waals surface area (Å²) in [5.41, 5.74) is 2.51. The number of carbonyl (C=O) groups excluding carboxylic acids is 1. The molecule has 0 atom stereocenters. The van der Waals surface area contributed by atoms with E-state index in [4.69, 9.17) is 13.9 Å². The Bertz CT molecular complexity index is 920. The van der Waals surface area contributed by atoms with E-state index in [-0.39, 0.29) is 11.7 Å². The fourth-order valence-electron chi connectivity index (χ4n) is 2.36. The fourth-order valence-corrected chi connectivity index (χ4v) is 2.93. The van der Waals surface area contributed by atoms with Crippen molar-refractivity contribution in [3.63, 3.8) is 0 Å². The average molecular weight is 385 g/mol. The van der Waals surface area contributed by atoms with Gasteiger partial charge in [0.2, 0.25) is 11.8 Å². The quantitative estimate of drug-likeness (QED) is 0.619. The van der Waals surface area contributed by atoms with E-state index in [1.54, 1.807) is 32.4 Å². The smallest absolute Gasteiger partial charge is 0.277 e. The maximum atomic E-state index is 12.1. The highest BCUT2D eigenvalue weighted by Gasteiger charge is 2.13. The molecule has 0 saturated heterocycles. The molecule has 2 aromatic carbocycles. The third kappa shape index (κ3) is 5.01. The summed E-state index contributed by atoms with van der Waals surface area (Å²) in [6.07, 6.45) is 0. The van der Waals surface area contributed by atoms with Crippen LogP contribution >= 0.6 is 11.8 Å². The minimum atomic E-state index is -0.145. The Hall–Kier alpha value is -3.00. The molecule has 3 rings (SSSR count). The molecule has 0 aliphatic rings. The molecule has 0 spiro atoms. The summed E-state index contributed by atoms with van der Waals surface area (Å²) >= 11 is 1.17. The van der Waals surface area contributed by atoms with Gasteiger partial charge in [-0.15, -0.1) is 10.2 Å². The molecular weight excluding hydrogens is 366 g/mol. The number of carbonyl (C=O) groups is 1. The monoisotopic (exact) mass is 385 g/mol. The van der Waals surface area contributed by atoms with E-state index in [0.29, 0.717) is 28.2 Å². The third-order valence-electron chi connectivity index (χ3n) is 3.63. The van der Waals surface area contributed by atoms with Crippen LogP contribution in [0.15, 0.2) is 52.1 Å². The van der Waals surface area contributed by atoms with Crippen molar-refractivity contribution >= 4 is 23.4 Å². The summed E-state index contributed by atoms with van der Waals surface area (Å²) in [4.78, 5) is 12.1. The summed E-state index contributed by atoms with van der Waals surface area (Å²) in [5.74, 6) is 1.59. The number of nitrogens with one attached hydrogen (secondary N) is 1. The van der Waals surface area contributed by atoms with E-state index in [1.807, 2.05) is 31.2 Å². The van der Waals surface area contributed by atoms with E-state index < -0.39 is 0 Å². The molecule has 0 saturated carbocycles. The number of hydrogen-bond donors (Lipinski definition) is 1. The Morgan fingerprint density at radius 3 is 2.52 bits per heavy atom. The number of rotatable bonds is 7. The molecule has 1 heterocycles. The van der Waals surface area contributed by atoms with Crippen molar-refractivity contribution in [3.8, 4) is 23.0 Å².